The smallest absolute Gasteiger partial charge is 0.0487 e. The Balaban J connectivity index is 1.98. The van der Waals surface area contributed by atoms with Crippen LogP contribution in [0.5, 0.6) is 0 Å². The minimum absolute atomic E-state index is 0.340. The quantitative estimate of drug-likeness (QED) is 0.680. The van der Waals surface area contributed by atoms with E-state index in [0.717, 1.165) is 17.8 Å². The van der Waals surface area contributed by atoms with Gasteiger partial charge in [0.15, 0.2) is 0 Å². The normalized spacial score (nSPS) is 60.6. The van der Waals surface area contributed by atoms with Gasteiger partial charge in [0.25, 0.3) is 0 Å². The Labute approximate surface area is 86.9 Å². The third-order valence-corrected chi connectivity index (χ3v) is 5.73. The van der Waals surface area contributed by atoms with Crippen molar-refractivity contribution in [3.63, 3.8) is 0 Å². The first-order valence-corrected chi connectivity index (χ1v) is 6.18. The van der Waals surface area contributed by atoms with Crippen LogP contribution in [0.25, 0.3) is 0 Å². The lowest BCUT2D eigenvalue weighted by atomic mass is 9.41. The summed E-state index contributed by atoms with van der Waals surface area (Å²) in [6.45, 7) is 5.37. The fourth-order valence-electron chi connectivity index (χ4n) is 5.22. The Hall–Kier alpha value is -0.0400. The lowest BCUT2D eigenvalue weighted by molar-refractivity contribution is -0.156. The van der Waals surface area contributed by atoms with E-state index in [1.165, 1.54) is 32.1 Å². The third-order valence-electron chi connectivity index (χ3n) is 5.73. The highest BCUT2D eigenvalue weighted by Crippen LogP contribution is 2.67. The summed E-state index contributed by atoms with van der Waals surface area (Å²) in [4.78, 5) is 0. The van der Waals surface area contributed by atoms with Crippen LogP contribution >= 0.6 is 0 Å². The van der Waals surface area contributed by atoms with Crippen LogP contribution in [0.15, 0.2) is 0 Å². The summed E-state index contributed by atoms with van der Waals surface area (Å²) >= 11 is 0. The zero-order valence-electron chi connectivity index (χ0n) is 9.42. The predicted molar refractivity (Wildman–Crippen MR) is 56.9 cm³/mol. The molecule has 1 nitrogen and oxygen atoms in total. The third kappa shape index (κ3) is 0.997. The minimum atomic E-state index is 0.340. The largest absolute Gasteiger partial charge is 0.396 e. The molecule has 4 rings (SSSR count). The molecular formula is C13H22O. The predicted octanol–water partition coefficient (Wildman–Crippen LogP) is 2.83. The molecule has 5 atom stereocenters. The fraction of sp³-hybridized carbons (Fsp3) is 1.00. The Morgan fingerprint density at radius 3 is 2.71 bits per heavy atom. The van der Waals surface area contributed by atoms with Crippen molar-refractivity contribution in [2.24, 2.45) is 28.6 Å². The van der Waals surface area contributed by atoms with Gasteiger partial charge in [-0.2, -0.15) is 0 Å². The van der Waals surface area contributed by atoms with Crippen molar-refractivity contribution in [1.29, 1.82) is 0 Å². The van der Waals surface area contributed by atoms with Crippen molar-refractivity contribution in [3.05, 3.63) is 0 Å². The van der Waals surface area contributed by atoms with Gasteiger partial charge in [0.2, 0.25) is 0 Å². The Morgan fingerprint density at radius 1 is 1.29 bits per heavy atom. The molecule has 4 aliphatic rings. The number of hydrogen-bond acceptors (Lipinski definition) is 1. The van der Waals surface area contributed by atoms with Gasteiger partial charge in [0.1, 0.15) is 0 Å². The molecule has 0 aliphatic heterocycles. The maximum absolute atomic E-state index is 9.63. The van der Waals surface area contributed by atoms with E-state index in [-0.39, 0.29) is 0 Å². The molecule has 0 aromatic carbocycles. The van der Waals surface area contributed by atoms with E-state index in [4.69, 9.17) is 0 Å². The van der Waals surface area contributed by atoms with Crippen LogP contribution in [0, 0.1) is 28.6 Å². The van der Waals surface area contributed by atoms with Crippen LogP contribution in [0.1, 0.15) is 46.0 Å². The molecule has 0 spiro atoms. The molecule has 4 bridgehead atoms. The molecule has 0 amide bonds. The van der Waals surface area contributed by atoms with E-state index in [1.807, 2.05) is 0 Å². The van der Waals surface area contributed by atoms with Crippen LogP contribution in [-0.4, -0.2) is 11.7 Å². The summed E-state index contributed by atoms with van der Waals surface area (Å²) in [6, 6.07) is 0. The van der Waals surface area contributed by atoms with E-state index in [1.54, 1.807) is 0 Å². The van der Waals surface area contributed by atoms with Crippen LogP contribution in [0.2, 0.25) is 0 Å². The van der Waals surface area contributed by atoms with Crippen molar-refractivity contribution in [2.75, 3.05) is 6.61 Å². The van der Waals surface area contributed by atoms with Gasteiger partial charge < -0.3 is 5.11 Å². The fourth-order valence-corrected chi connectivity index (χ4v) is 5.22. The molecular weight excluding hydrogens is 172 g/mol. The molecule has 0 heterocycles. The summed E-state index contributed by atoms with van der Waals surface area (Å²) < 4.78 is 0. The first kappa shape index (κ1) is 9.21. The molecule has 0 saturated heterocycles. The van der Waals surface area contributed by atoms with Gasteiger partial charge in [0.05, 0.1) is 0 Å². The van der Waals surface area contributed by atoms with Crippen LogP contribution in [0.4, 0.5) is 0 Å². The molecule has 14 heavy (non-hydrogen) atoms. The topological polar surface area (TPSA) is 20.2 Å². The number of aliphatic hydroxyl groups is 1. The molecule has 1 N–H and O–H groups in total. The molecule has 4 aliphatic carbocycles. The molecule has 0 aromatic heterocycles. The minimum Gasteiger partial charge on any atom is -0.396 e. The number of hydrogen-bond donors (Lipinski definition) is 1. The Morgan fingerprint density at radius 2 is 2.07 bits per heavy atom. The second-order valence-electron chi connectivity index (χ2n) is 6.75. The average molecular weight is 194 g/mol. The average Bonchev–Trinajstić information content (AvgIpc) is 2.12. The lowest BCUT2D eigenvalue weighted by Gasteiger charge is -2.64. The van der Waals surface area contributed by atoms with E-state index in [0.29, 0.717) is 17.4 Å². The van der Waals surface area contributed by atoms with Crippen LogP contribution in [-0.2, 0) is 0 Å². The number of aliphatic hydroxyl groups excluding tert-OH is 1. The first-order chi connectivity index (χ1) is 6.57. The standard InChI is InChI=1S/C13H22O/c1-9-11-3-10-4-12(9,2)7-13(5-10,6-11)8-14/h9-11,14H,3-8H2,1-2H3. The summed E-state index contributed by atoms with van der Waals surface area (Å²) in [5.74, 6) is 2.77. The van der Waals surface area contributed by atoms with Crippen molar-refractivity contribution < 1.29 is 5.11 Å². The van der Waals surface area contributed by atoms with Crippen LogP contribution < -0.4 is 0 Å². The second kappa shape index (κ2) is 2.55. The summed E-state index contributed by atoms with van der Waals surface area (Å²) in [7, 11) is 0. The highest BCUT2D eigenvalue weighted by molar-refractivity contribution is 5.08. The van der Waals surface area contributed by atoms with Gasteiger partial charge >= 0.3 is 0 Å². The van der Waals surface area contributed by atoms with Crippen molar-refractivity contribution >= 4 is 0 Å². The van der Waals surface area contributed by atoms with Crippen LogP contribution in [0.3, 0.4) is 0 Å². The molecule has 4 fully saturated rings. The van der Waals surface area contributed by atoms with Crippen molar-refractivity contribution in [3.8, 4) is 0 Å². The van der Waals surface area contributed by atoms with Gasteiger partial charge in [-0.3, -0.25) is 0 Å². The van der Waals surface area contributed by atoms with Gasteiger partial charge in [-0.05, 0) is 60.7 Å². The van der Waals surface area contributed by atoms with Gasteiger partial charge in [0, 0.05) is 6.61 Å². The Bertz CT molecular complexity index is 256. The van der Waals surface area contributed by atoms with Gasteiger partial charge in [-0.15, -0.1) is 0 Å². The van der Waals surface area contributed by atoms with Gasteiger partial charge in [-0.1, -0.05) is 13.8 Å². The molecule has 80 valence electrons. The zero-order chi connectivity index (χ0) is 9.97. The molecule has 1 heteroatoms. The highest BCUT2D eigenvalue weighted by atomic mass is 16.3. The highest BCUT2D eigenvalue weighted by Gasteiger charge is 2.58. The Kier molecular flexibility index (Phi) is 1.68. The van der Waals surface area contributed by atoms with Gasteiger partial charge in [-0.25, -0.2) is 0 Å². The van der Waals surface area contributed by atoms with Crippen molar-refractivity contribution in [2.45, 2.75) is 46.0 Å². The SMILES string of the molecule is CC1C2CC3CC(CO)(C2)CC1(C)C3. The summed E-state index contributed by atoms with van der Waals surface area (Å²) in [6.07, 6.45) is 6.83. The van der Waals surface area contributed by atoms with E-state index < -0.39 is 0 Å². The second-order valence-corrected chi connectivity index (χ2v) is 6.75. The van der Waals surface area contributed by atoms with E-state index >= 15 is 0 Å². The van der Waals surface area contributed by atoms with E-state index in [2.05, 4.69) is 13.8 Å². The summed E-state index contributed by atoms with van der Waals surface area (Å²) in [5, 5.41) is 9.63. The lowest BCUT2D eigenvalue weighted by Crippen LogP contribution is -2.56. The summed E-state index contributed by atoms with van der Waals surface area (Å²) in [5.41, 5.74) is 0.903. The molecule has 4 saturated carbocycles. The van der Waals surface area contributed by atoms with Crippen molar-refractivity contribution in [1.82, 2.24) is 0 Å². The maximum Gasteiger partial charge on any atom is 0.0487 e. The zero-order valence-corrected chi connectivity index (χ0v) is 9.42. The molecule has 5 unspecified atom stereocenters. The molecule has 0 radical (unpaired) electrons. The maximum atomic E-state index is 9.63. The number of rotatable bonds is 1. The molecule has 0 aromatic rings. The first-order valence-electron chi connectivity index (χ1n) is 6.18. The monoisotopic (exact) mass is 194 g/mol. The van der Waals surface area contributed by atoms with E-state index in [9.17, 15) is 5.11 Å².